The second-order valence-corrected chi connectivity index (χ2v) is 5.99. The third-order valence-corrected chi connectivity index (χ3v) is 3.92. The average Bonchev–Trinajstić information content (AvgIpc) is 2.59. The van der Waals surface area contributed by atoms with Crippen LogP contribution in [0.1, 0.15) is 11.1 Å². The number of methoxy groups -OCH3 is 1. The van der Waals surface area contributed by atoms with Crippen LogP contribution in [-0.2, 0) is 0 Å². The Labute approximate surface area is 151 Å². The first-order chi connectivity index (χ1) is 12.0. The molecule has 25 heavy (non-hydrogen) atoms. The fraction of sp³-hybridized carbons (Fsp3) is 0.167. The van der Waals surface area contributed by atoms with E-state index < -0.39 is 0 Å². The zero-order valence-electron chi connectivity index (χ0n) is 14.2. The van der Waals surface area contributed by atoms with Crippen molar-refractivity contribution >= 4 is 34.7 Å². The number of aryl methyl sites for hydroxylation is 2. The highest BCUT2D eigenvalue weighted by atomic mass is 35.5. The molecule has 2 N–H and O–H groups in total. The molecule has 0 spiro atoms. The molecule has 0 aliphatic carbocycles. The van der Waals surface area contributed by atoms with E-state index in [4.69, 9.17) is 16.3 Å². The van der Waals surface area contributed by atoms with Crippen molar-refractivity contribution in [3.63, 3.8) is 0 Å². The summed E-state index contributed by atoms with van der Waals surface area (Å²) in [5.41, 5.74) is 4.03. The van der Waals surface area contributed by atoms with Gasteiger partial charge in [0.2, 0.25) is 5.95 Å². The summed E-state index contributed by atoms with van der Waals surface area (Å²) >= 11 is 6.13. The van der Waals surface area contributed by atoms with Crippen LogP contribution in [0.15, 0.2) is 42.6 Å². The van der Waals surface area contributed by atoms with E-state index in [0.29, 0.717) is 22.5 Å². The summed E-state index contributed by atoms with van der Waals surface area (Å²) in [7, 11) is 1.57. The minimum atomic E-state index is 0.372. The van der Waals surface area contributed by atoms with E-state index in [0.717, 1.165) is 16.9 Å². The van der Waals surface area contributed by atoms with Gasteiger partial charge in [-0.05, 0) is 49.2 Å². The molecular weight excluding hydrogens is 338 g/mol. The van der Waals surface area contributed by atoms with Crippen molar-refractivity contribution in [3.05, 3.63) is 58.7 Å². The van der Waals surface area contributed by atoms with Crippen LogP contribution in [0.3, 0.4) is 0 Å². The lowest BCUT2D eigenvalue weighted by atomic mass is 10.1. The minimum Gasteiger partial charge on any atom is -0.495 e. The first-order valence-corrected chi connectivity index (χ1v) is 8.07. The number of halogens is 1. The van der Waals surface area contributed by atoms with Gasteiger partial charge < -0.3 is 15.4 Å². The zero-order valence-corrected chi connectivity index (χ0v) is 14.9. The fourth-order valence-corrected chi connectivity index (χ4v) is 2.56. The lowest BCUT2D eigenvalue weighted by Crippen LogP contribution is -2.03. The maximum absolute atomic E-state index is 6.13. The Morgan fingerprint density at radius 2 is 1.88 bits per heavy atom. The van der Waals surface area contributed by atoms with Crippen LogP contribution in [0, 0.1) is 13.8 Å². The second-order valence-electron chi connectivity index (χ2n) is 5.58. The summed E-state index contributed by atoms with van der Waals surface area (Å²) in [6.45, 7) is 4.08. The molecule has 3 aromatic rings. The maximum Gasteiger partial charge on any atom is 0.249 e. The third kappa shape index (κ3) is 4.16. The number of hydrogen-bond acceptors (Lipinski definition) is 6. The largest absolute Gasteiger partial charge is 0.495 e. The number of benzene rings is 2. The average molecular weight is 356 g/mol. The lowest BCUT2D eigenvalue weighted by molar-refractivity contribution is 0.415. The Morgan fingerprint density at radius 1 is 1.04 bits per heavy atom. The molecule has 0 aliphatic heterocycles. The molecule has 0 unspecified atom stereocenters. The number of rotatable bonds is 5. The standard InChI is InChI=1S/C18H18ClN5O/c1-11-4-5-12(2)15(8-11)22-17-10-20-24-18(23-17)21-13-6-7-16(25-3)14(19)9-13/h4-10H,1-3H3,(H2,21,22,23,24). The Kier molecular flexibility index (Phi) is 5.00. The van der Waals surface area contributed by atoms with E-state index in [-0.39, 0.29) is 0 Å². The maximum atomic E-state index is 6.13. The molecule has 0 saturated carbocycles. The van der Waals surface area contributed by atoms with E-state index in [1.54, 1.807) is 25.4 Å². The highest BCUT2D eigenvalue weighted by Gasteiger charge is 2.06. The van der Waals surface area contributed by atoms with Crippen molar-refractivity contribution in [1.29, 1.82) is 0 Å². The molecule has 0 amide bonds. The summed E-state index contributed by atoms with van der Waals surface area (Å²) in [6, 6.07) is 11.5. The number of ether oxygens (including phenoxy) is 1. The van der Waals surface area contributed by atoms with E-state index >= 15 is 0 Å². The summed E-state index contributed by atoms with van der Waals surface area (Å²) in [5.74, 6) is 1.58. The monoisotopic (exact) mass is 355 g/mol. The SMILES string of the molecule is COc1ccc(Nc2nncc(Nc3cc(C)ccc3C)n2)cc1Cl. The van der Waals surface area contributed by atoms with Gasteiger partial charge in [0.1, 0.15) is 5.75 Å². The van der Waals surface area contributed by atoms with Crippen LogP contribution in [-0.4, -0.2) is 22.3 Å². The first kappa shape index (κ1) is 17.0. The number of hydrogen-bond donors (Lipinski definition) is 2. The molecule has 3 rings (SSSR count). The van der Waals surface area contributed by atoms with Crippen molar-refractivity contribution in [2.75, 3.05) is 17.7 Å². The Morgan fingerprint density at radius 3 is 2.64 bits per heavy atom. The highest BCUT2D eigenvalue weighted by molar-refractivity contribution is 6.32. The minimum absolute atomic E-state index is 0.372. The van der Waals surface area contributed by atoms with Crippen molar-refractivity contribution < 1.29 is 4.74 Å². The van der Waals surface area contributed by atoms with Gasteiger partial charge in [-0.25, -0.2) is 0 Å². The van der Waals surface area contributed by atoms with Crippen LogP contribution in [0.25, 0.3) is 0 Å². The zero-order chi connectivity index (χ0) is 17.8. The first-order valence-electron chi connectivity index (χ1n) is 7.70. The third-order valence-electron chi connectivity index (χ3n) is 3.62. The van der Waals surface area contributed by atoms with Gasteiger partial charge in [-0.2, -0.15) is 10.1 Å². The fourth-order valence-electron chi connectivity index (χ4n) is 2.30. The van der Waals surface area contributed by atoms with Gasteiger partial charge in [0.15, 0.2) is 5.82 Å². The number of anilines is 4. The van der Waals surface area contributed by atoms with Crippen molar-refractivity contribution in [2.45, 2.75) is 13.8 Å². The molecule has 0 aliphatic rings. The molecule has 128 valence electrons. The molecule has 0 atom stereocenters. The van der Waals surface area contributed by atoms with Crippen molar-refractivity contribution in [1.82, 2.24) is 15.2 Å². The van der Waals surface area contributed by atoms with Gasteiger partial charge in [0.25, 0.3) is 0 Å². The molecular formula is C18H18ClN5O. The Hall–Kier alpha value is -2.86. The van der Waals surface area contributed by atoms with Crippen LogP contribution in [0.5, 0.6) is 5.75 Å². The predicted molar refractivity (Wildman–Crippen MR) is 100 cm³/mol. The van der Waals surface area contributed by atoms with Gasteiger partial charge in [-0.3, -0.25) is 0 Å². The van der Waals surface area contributed by atoms with E-state index in [9.17, 15) is 0 Å². The molecule has 2 aromatic carbocycles. The van der Waals surface area contributed by atoms with E-state index in [2.05, 4.69) is 44.0 Å². The van der Waals surface area contributed by atoms with Gasteiger partial charge in [-0.15, -0.1) is 5.10 Å². The summed E-state index contributed by atoms with van der Waals surface area (Å²) in [6.07, 6.45) is 1.58. The molecule has 7 heteroatoms. The van der Waals surface area contributed by atoms with Gasteiger partial charge in [0.05, 0.1) is 18.3 Å². The molecule has 0 bridgehead atoms. The van der Waals surface area contributed by atoms with Crippen LogP contribution in [0.4, 0.5) is 23.1 Å². The molecule has 0 radical (unpaired) electrons. The molecule has 1 heterocycles. The molecule has 0 saturated heterocycles. The number of nitrogens with one attached hydrogen (secondary N) is 2. The quantitative estimate of drug-likeness (QED) is 0.694. The number of aromatic nitrogens is 3. The summed E-state index contributed by atoms with van der Waals surface area (Å²) in [5, 5.41) is 14.8. The van der Waals surface area contributed by atoms with Gasteiger partial charge in [0, 0.05) is 11.4 Å². The smallest absolute Gasteiger partial charge is 0.249 e. The second kappa shape index (κ2) is 7.36. The van der Waals surface area contributed by atoms with Crippen LogP contribution in [0.2, 0.25) is 5.02 Å². The predicted octanol–water partition coefficient (Wildman–Crippen LogP) is 4.64. The van der Waals surface area contributed by atoms with E-state index in [1.807, 2.05) is 19.9 Å². The summed E-state index contributed by atoms with van der Waals surface area (Å²) < 4.78 is 5.14. The summed E-state index contributed by atoms with van der Waals surface area (Å²) in [4.78, 5) is 4.44. The van der Waals surface area contributed by atoms with Crippen LogP contribution < -0.4 is 15.4 Å². The Balaban J connectivity index is 1.79. The highest BCUT2D eigenvalue weighted by Crippen LogP contribution is 2.28. The molecule has 1 aromatic heterocycles. The normalized spacial score (nSPS) is 10.4. The molecule has 6 nitrogen and oxygen atoms in total. The van der Waals surface area contributed by atoms with E-state index in [1.165, 1.54) is 5.56 Å². The molecule has 0 fully saturated rings. The van der Waals surface area contributed by atoms with Crippen molar-refractivity contribution in [3.8, 4) is 5.75 Å². The Bertz CT molecular complexity index is 900. The topological polar surface area (TPSA) is 72.0 Å². The van der Waals surface area contributed by atoms with Crippen LogP contribution >= 0.6 is 11.6 Å². The van der Waals surface area contributed by atoms with Crippen molar-refractivity contribution in [2.24, 2.45) is 0 Å². The van der Waals surface area contributed by atoms with Gasteiger partial charge in [-0.1, -0.05) is 23.7 Å². The van der Waals surface area contributed by atoms with Gasteiger partial charge >= 0.3 is 0 Å². The lowest BCUT2D eigenvalue weighted by Gasteiger charge is -2.11. The number of nitrogens with zero attached hydrogens (tertiary/aromatic N) is 3.